The summed E-state index contributed by atoms with van der Waals surface area (Å²) in [6.45, 7) is 4.07. The molecule has 0 aliphatic rings. The van der Waals surface area contributed by atoms with Gasteiger partial charge in [-0.15, -0.1) is 11.3 Å². The van der Waals surface area contributed by atoms with Gasteiger partial charge in [0.05, 0.1) is 14.9 Å². The number of carbonyl (C=O) groups excluding carboxylic acids is 1. The van der Waals surface area contributed by atoms with Crippen molar-refractivity contribution in [3.63, 3.8) is 0 Å². The predicted molar refractivity (Wildman–Crippen MR) is 87.7 cm³/mol. The zero-order valence-corrected chi connectivity index (χ0v) is 13.8. The Labute approximate surface area is 130 Å². The summed E-state index contributed by atoms with van der Waals surface area (Å²) in [5.41, 5.74) is 3.39. The number of nitrogens with one attached hydrogen (secondary N) is 1. The first kappa shape index (κ1) is 17.2. The molecule has 1 aromatic heterocycles. The molecule has 1 N–H and O–H groups in total. The summed E-state index contributed by atoms with van der Waals surface area (Å²) in [7, 11) is 0. The van der Waals surface area contributed by atoms with Gasteiger partial charge in [0, 0.05) is 6.42 Å². The molecule has 0 saturated carbocycles. The normalized spacial score (nSPS) is 11.7. The Kier molecular flexibility index (Phi) is 8.54. The van der Waals surface area contributed by atoms with Gasteiger partial charge < -0.3 is 0 Å². The molecular weight excluding hydrogens is 292 g/mol. The molecule has 1 aromatic rings. The van der Waals surface area contributed by atoms with E-state index < -0.39 is 0 Å². The Balaban J connectivity index is 2.19. The van der Waals surface area contributed by atoms with Crippen LogP contribution in [0.5, 0.6) is 0 Å². The molecule has 0 unspecified atom stereocenters. The zero-order chi connectivity index (χ0) is 14.8. The number of unbranched alkanes of at least 4 members (excludes halogenated alkanes) is 5. The van der Waals surface area contributed by atoms with Gasteiger partial charge in [-0.25, -0.2) is 5.43 Å². The fourth-order valence-electron chi connectivity index (χ4n) is 1.83. The molecule has 5 heteroatoms. The SMILES string of the molecule is CCCCCCCCC(=O)N/N=C(\C)c1ccc(Cl)s1. The highest BCUT2D eigenvalue weighted by molar-refractivity contribution is 7.18. The molecule has 1 rings (SSSR count). The first-order valence-electron chi connectivity index (χ1n) is 7.22. The van der Waals surface area contributed by atoms with Gasteiger partial charge in [-0.3, -0.25) is 4.79 Å². The number of amides is 1. The molecule has 0 radical (unpaired) electrons. The summed E-state index contributed by atoms with van der Waals surface area (Å²) in [5.74, 6) is -0.0116. The van der Waals surface area contributed by atoms with Crippen LogP contribution in [0, 0.1) is 0 Å². The van der Waals surface area contributed by atoms with E-state index in [0.717, 1.165) is 27.8 Å². The molecule has 1 heterocycles. The molecule has 0 saturated heterocycles. The van der Waals surface area contributed by atoms with Gasteiger partial charge in [0.25, 0.3) is 0 Å². The van der Waals surface area contributed by atoms with Gasteiger partial charge in [-0.1, -0.05) is 50.6 Å². The van der Waals surface area contributed by atoms with Crippen molar-refractivity contribution in [3.05, 3.63) is 21.3 Å². The van der Waals surface area contributed by atoms with E-state index in [-0.39, 0.29) is 5.91 Å². The topological polar surface area (TPSA) is 41.5 Å². The second-order valence-corrected chi connectivity index (χ2v) is 6.57. The van der Waals surface area contributed by atoms with Crippen LogP contribution in [-0.2, 0) is 4.79 Å². The van der Waals surface area contributed by atoms with Crippen LogP contribution in [-0.4, -0.2) is 11.6 Å². The van der Waals surface area contributed by atoms with Gasteiger partial charge in [0.1, 0.15) is 0 Å². The second kappa shape index (κ2) is 9.94. The quantitative estimate of drug-likeness (QED) is 0.389. The molecule has 0 atom stereocenters. The lowest BCUT2D eigenvalue weighted by Crippen LogP contribution is -2.18. The maximum Gasteiger partial charge on any atom is 0.240 e. The summed E-state index contributed by atoms with van der Waals surface area (Å²) in [5, 5.41) is 4.10. The summed E-state index contributed by atoms with van der Waals surface area (Å²) in [6, 6.07) is 3.74. The molecule has 1 amide bonds. The number of hydrazone groups is 1. The molecule has 112 valence electrons. The van der Waals surface area contributed by atoms with Gasteiger partial charge in [0.2, 0.25) is 5.91 Å². The Morgan fingerprint density at radius 3 is 2.60 bits per heavy atom. The Bertz CT molecular complexity index is 443. The minimum atomic E-state index is -0.0116. The van der Waals surface area contributed by atoms with Crippen LogP contribution < -0.4 is 5.43 Å². The number of rotatable bonds is 9. The van der Waals surface area contributed by atoms with Crippen LogP contribution in [0.4, 0.5) is 0 Å². The van der Waals surface area contributed by atoms with Crippen LogP contribution >= 0.6 is 22.9 Å². The average molecular weight is 315 g/mol. The smallest absolute Gasteiger partial charge is 0.240 e. The van der Waals surface area contributed by atoms with E-state index in [1.165, 1.54) is 37.0 Å². The van der Waals surface area contributed by atoms with E-state index in [4.69, 9.17) is 11.6 Å². The number of hydrogen-bond donors (Lipinski definition) is 1. The van der Waals surface area contributed by atoms with Crippen molar-refractivity contribution in [2.45, 2.75) is 58.8 Å². The van der Waals surface area contributed by atoms with Crippen LogP contribution in [0.3, 0.4) is 0 Å². The molecule has 0 aliphatic heterocycles. The van der Waals surface area contributed by atoms with Gasteiger partial charge in [0.15, 0.2) is 0 Å². The van der Waals surface area contributed by atoms with E-state index in [1.54, 1.807) is 0 Å². The van der Waals surface area contributed by atoms with E-state index in [2.05, 4.69) is 17.5 Å². The van der Waals surface area contributed by atoms with E-state index in [0.29, 0.717) is 6.42 Å². The van der Waals surface area contributed by atoms with Crippen molar-refractivity contribution in [2.24, 2.45) is 5.10 Å². The number of hydrogen-bond acceptors (Lipinski definition) is 3. The number of thiophene rings is 1. The fourth-order valence-corrected chi connectivity index (χ4v) is 2.82. The fraction of sp³-hybridized carbons (Fsp3) is 0.600. The summed E-state index contributed by atoms with van der Waals surface area (Å²) in [6.07, 6.45) is 7.64. The number of carbonyl (C=O) groups is 1. The molecule has 0 aliphatic carbocycles. The average Bonchev–Trinajstić information content (AvgIpc) is 2.86. The predicted octanol–water partition coefficient (Wildman–Crippen LogP) is 4.99. The Morgan fingerprint density at radius 1 is 1.25 bits per heavy atom. The largest absolute Gasteiger partial charge is 0.273 e. The number of nitrogens with zero attached hydrogens (tertiary/aromatic N) is 1. The molecule has 0 bridgehead atoms. The van der Waals surface area contributed by atoms with Gasteiger partial charge in [-0.05, 0) is 25.5 Å². The van der Waals surface area contributed by atoms with Crippen molar-refractivity contribution in [2.75, 3.05) is 0 Å². The van der Waals surface area contributed by atoms with E-state index in [9.17, 15) is 4.79 Å². The highest BCUT2D eigenvalue weighted by Crippen LogP contribution is 2.21. The first-order valence-corrected chi connectivity index (χ1v) is 8.41. The lowest BCUT2D eigenvalue weighted by atomic mass is 10.1. The van der Waals surface area contributed by atoms with Crippen molar-refractivity contribution < 1.29 is 4.79 Å². The molecule has 0 spiro atoms. The molecule has 3 nitrogen and oxygen atoms in total. The standard InChI is InChI=1S/C15H23ClN2OS/c1-3-4-5-6-7-8-9-15(19)18-17-12(2)13-10-11-14(16)20-13/h10-11H,3-9H2,1-2H3,(H,18,19)/b17-12+. The van der Waals surface area contributed by atoms with Gasteiger partial charge in [-0.2, -0.15) is 5.10 Å². The van der Waals surface area contributed by atoms with Crippen molar-refractivity contribution in [1.29, 1.82) is 0 Å². The zero-order valence-electron chi connectivity index (χ0n) is 12.2. The molecular formula is C15H23ClN2OS. The summed E-state index contributed by atoms with van der Waals surface area (Å²) >= 11 is 7.32. The molecule has 0 fully saturated rings. The summed E-state index contributed by atoms with van der Waals surface area (Å²) < 4.78 is 0.730. The van der Waals surface area contributed by atoms with Crippen molar-refractivity contribution in [3.8, 4) is 0 Å². The highest BCUT2D eigenvalue weighted by Gasteiger charge is 2.03. The van der Waals surface area contributed by atoms with Crippen LogP contribution in [0.25, 0.3) is 0 Å². The Morgan fingerprint density at radius 2 is 1.95 bits per heavy atom. The van der Waals surface area contributed by atoms with Crippen LogP contribution in [0.1, 0.15) is 63.7 Å². The Hall–Kier alpha value is -0.870. The number of halogens is 1. The van der Waals surface area contributed by atoms with Crippen molar-refractivity contribution in [1.82, 2.24) is 5.43 Å². The third kappa shape index (κ3) is 7.06. The van der Waals surface area contributed by atoms with Gasteiger partial charge >= 0.3 is 0 Å². The van der Waals surface area contributed by atoms with E-state index >= 15 is 0 Å². The maximum atomic E-state index is 11.6. The first-order chi connectivity index (χ1) is 9.63. The minimum Gasteiger partial charge on any atom is -0.273 e. The minimum absolute atomic E-state index is 0.0116. The van der Waals surface area contributed by atoms with E-state index in [1.807, 2.05) is 19.1 Å². The second-order valence-electron chi connectivity index (χ2n) is 4.85. The summed E-state index contributed by atoms with van der Waals surface area (Å²) in [4.78, 5) is 12.6. The third-order valence-electron chi connectivity index (χ3n) is 3.04. The van der Waals surface area contributed by atoms with Crippen LogP contribution in [0.2, 0.25) is 4.34 Å². The third-order valence-corrected chi connectivity index (χ3v) is 4.38. The molecule has 20 heavy (non-hydrogen) atoms. The lowest BCUT2D eigenvalue weighted by molar-refractivity contribution is -0.121. The lowest BCUT2D eigenvalue weighted by Gasteiger charge is -2.02. The van der Waals surface area contributed by atoms with Crippen molar-refractivity contribution >= 4 is 34.6 Å². The monoisotopic (exact) mass is 314 g/mol. The molecule has 0 aromatic carbocycles. The highest BCUT2D eigenvalue weighted by atomic mass is 35.5. The maximum absolute atomic E-state index is 11.6. The van der Waals surface area contributed by atoms with Crippen LogP contribution in [0.15, 0.2) is 17.2 Å².